The van der Waals surface area contributed by atoms with E-state index in [2.05, 4.69) is 5.32 Å². The topological polar surface area (TPSA) is 38.3 Å². The van der Waals surface area contributed by atoms with E-state index in [1.807, 2.05) is 0 Å². The molecule has 5 heteroatoms. The fourth-order valence-electron chi connectivity index (χ4n) is 1.40. The first-order chi connectivity index (χ1) is 8.04. The van der Waals surface area contributed by atoms with Crippen molar-refractivity contribution < 1.29 is 18.3 Å². The molecule has 1 N–H and O–H groups in total. The van der Waals surface area contributed by atoms with E-state index in [0.717, 1.165) is 6.07 Å². The number of carbonyl (C=O) groups excluding carboxylic acids is 1. The van der Waals surface area contributed by atoms with Gasteiger partial charge in [0.25, 0.3) is 0 Å². The molecule has 17 heavy (non-hydrogen) atoms. The molecular weight excluding hydrogens is 228 g/mol. The molecule has 0 heterocycles. The van der Waals surface area contributed by atoms with Gasteiger partial charge in [0.05, 0.1) is 18.7 Å². The van der Waals surface area contributed by atoms with Crippen LogP contribution in [-0.4, -0.2) is 18.6 Å². The van der Waals surface area contributed by atoms with Crippen molar-refractivity contribution in [1.82, 2.24) is 0 Å². The molecule has 1 atom stereocenters. The number of anilines is 1. The molecule has 0 amide bonds. The van der Waals surface area contributed by atoms with Gasteiger partial charge in [-0.3, -0.25) is 4.79 Å². The van der Waals surface area contributed by atoms with Gasteiger partial charge in [0, 0.05) is 6.04 Å². The summed E-state index contributed by atoms with van der Waals surface area (Å²) in [7, 11) is 0. The molecule has 1 aromatic rings. The van der Waals surface area contributed by atoms with Crippen LogP contribution in [-0.2, 0) is 9.53 Å². The van der Waals surface area contributed by atoms with E-state index < -0.39 is 11.6 Å². The molecule has 0 radical (unpaired) electrons. The van der Waals surface area contributed by atoms with Gasteiger partial charge in [0.1, 0.15) is 0 Å². The summed E-state index contributed by atoms with van der Waals surface area (Å²) >= 11 is 0. The molecule has 0 aliphatic heterocycles. The van der Waals surface area contributed by atoms with Crippen LogP contribution in [0, 0.1) is 11.6 Å². The van der Waals surface area contributed by atoms with Crippen LogP contribution in [0.5, 0.6) is 0 Å². The number of rotatable bonds is 5. The van der Waals surface area contributed by atoms with Crippen molar-refractivity contribution in [3.63, 3.8) is 0 Å². The second kappa shape index (κ2) is 6.18. The van der Waals surface area contributed by atoms with Crippen molar-refractivity contribution in [2.45, 2.75) is 26.3 Å². The molecule has 0 aromatic heterocycles. The van der Waals surface area contributed by atoms with Crippen LogP contribution in [0.3, 0.4) is 0 Å². The monoisotopic (exact) mass is 243 g/mol. The van der Waals surface area contributed by atoms with E-state index in [0.29, 0.717) is 6.61 Å². The summed E-state index contributed by atoms with van der Waals surface area (Å²) in [6, 6.07) is 3.53. The van der Waals surface area contributed by atoms with Gasteiger partial charge in [-0.25, -0.2) is 8.78 Å². The Morgan fingerprint density at radius 2 is 2.18 bits per heavy atom. The number of carbonyl (C=O) groups is 1. The van der Waals surface area contributed by atoms with Gasteiger partial charge in [0.15, 0.2) is 11.6 Å². The zero-order valence-corrected chi connectivity index (χ0v) is 9.80. The first kappa shape index (κ1) is 13.4. The maximum absolute atomic E-state index is 13.3. The molecule has 0 bridgehead atoms. The van der Waals surface area contributed by atoms with Gasteiger partial charge in [-0.05, 0) is 26.0 Å². The molecule has 0 aliphatic rings. The molecular formula is C12H15F2NO2. The quantitative estimate of drug-likeness (QED) is 0.808. The van der Waals surface area contributed by atoms with Crippen LogP contribution in [0.1, 0.15) is 20.3 Å². The molecule has 0 saturated heterocycles. The highest BCUT2D eigenvalue weighted by Gasteiger charge is 2.13. The number of esters is 1. The minimum atomic E-state index is -0.941. The lowest BCUT2D eigenvalue weighted by atomic mass is 10.2. The fraction of sp³-hybridized carbons (Fsp3) is 0.417. The van der Waals surface area contributed by atoms with Crippen molar-refractivity contribution >= 4 is 11.7 Å². The predicted molar refractivity (Wildman–Crippen MR) is 60.7 cm³/mol. The molecule has 0 spiro atoms. The van der Waals surface area contributed by atoms with Crippen LogP contribution in [0.2, 0.25) is 0 Å². The number of hydrogen-bond acceptors (Lipinski definition) is 3. The van der Waals surface area contributed by atoms with E-state index in [1.54, 1.807) is 13.8 Å². The van der Waals surface area contributed by atoms with Crippen molar-refractivity contribution in [1.29, 1.82) is 0 Å². The van der Waals surface area contributed by atoms with Gasteiger partial charge in [0.2, 0.25) is 0 Å². The fourth-order valence-corrected chi connectivity index (χ4v) is 1.40. The highest BCUT2D eigenvalue weighted by atomic mass is 19.2. The van der Waals surface area contributed by atoms with Crippen molar-refractivity contribution in [3.05, 3.63) is 29.8 Å². The first-order valence-corrected chi connectivity index (χ1v) is 5.40. The van der Waals surface area contributed by atoms with Crippen LogP contribution in [0.4, 0.5) is 14.5 Å². The summed E-state index contributed by atoms with van der Waals surface area (Å²) < 4.78 is 31.0. The molecule has 1 unspecified atom stereocenters. The Morgan fingerprint density at radius 1 is 1.47 bits per heavy atom. The summed E-state index contributed by atoms with van der Waals surface area (Å²) in [5.74, 6) is -2.23. The Bertz CT molecular complexity index is 396. The predicted octanol–water partition coefficient (Wildman–Crippen LogP) is 2.72. The Balaban J connectivity index is 2.59. The van der Waals surface area contributed by atoms with E-state index in [1.165, 1.54) is 12.1 Å². The normalized spacial score (nSPS) is 12.0. The summed E-state index contributed by atoms with van der Waals surface area (Å²) in [6.45, 7) is 3.71. The van der Waals surface area contributed by atoms with Crippen LogP contribution >= 0.6 is 0 Å². The van der Waals surface area contributed by atoms with Gasteiger partial charge in [-0.1, -0.05) is 6.07 Å². The Labute approximate surface area is 98.8 Å². The highest BCUT2D eigenvalue weighted by molar-refractivity contribution is 5.70. The summed E-state index contributed by atoms with van der Waals surface area (Å²) in [4.78, 5) is 11.2. The van der Waals surface area contributed by atoms with Crippen molar-refractivity contribution in [3.8, 4) is 0 Å². The van der Waals surface area contributed by atoms with E-state index in [4.69, 9.17) is 4.74 Å². The lowest BCUT2D eigenvalue weighted by Gasteiger charge is -2.15. The number of nitrogens with one attached hydrogen (secondary N) is 1. The number of halogens is 2. The molecule has 0 fully saturated rings. The highest BCUT2D eigenvalue weighted by Crippen LogP contribution is 2.18. The molecule has 94 valence electrons. The summed E-state index contributed by atoms with van der Waals surface area (Å²) in [5, 5.41) is 2.72. The smallest absolute Gasteiger partial charge is 0.307 e. The Kier molecular flexibility index (Phi) is 4.87. The Morgan fingerprint density at radius 3 is 2.82 bits per heavy atom. The molecule has 3 nitrogen and oxygen atoms in total. The lowest BCUT2D eigenvalue weighted by molar-refractivity contribution is -0.143. The van der Waals surface area contributed by atoms with Crippen LogP contribution < -0.4 is 5.32 Å². The maximum Gasteiger partial charge on any atom is 0.307 e. The van der Waals surface area contributed by atoms with E-state index in [9.17, 15) is 13.6 Å². The zero-order chi connectivity index (χ0) is 12.8. The zero-order valence-electron chi connectivity index (χ0n) is 9.80. The second-order valence-electron chi connectivity index (χ2n) is 3.66. The van der Waals surface area contributed by atoms with Gasteiger partial charge in [-0.2, -0.15) is 0 Å². The minimum Gasteiger partial charge on any atom is -0.466 e. The Hall–Kier alpha value is -1.65. The SMILES string of the molecule is CCOC(=O)CC(C)Nc1cccc(F)c1F. The van der Waals surface area contributed by atoms with Gasteiger partial charge < -0.3 is 10.1 Å². The molecule has 1 rings (SSSR count). The first-order valence-electron chi connectivity index (χ1n) is 5.40. The molecule has 1 aromatic carbocycles. The minimum absolute atomic E-state index is 0.0433. The third kappa shape index (κ3) is 4.01. The molecule has 0 aliphatic carbocycles. The van der Waals surface area contributed by atoms with Crippen molar-refractivity contribution in [2.24, 2.45) is 0 Å². The summed E-state index contributed by atoms with van der Waals surface area (Å²) in [6.07, 6.45) is 0.101. The van der Waals surface area contributed by atoms with E-state index in [-0.39, 0.29) is 24.1 Å². The second-order valence-corrected chi connectivity index (χ2v) is 3.66. The largest absolute Gasteiger partial charge is 0.466 e. The summed E-state index contributed by atoms with van der Waals surface area (Å²) in [5.41, 5.74) is 0.0433. The van der Waals surface area contributed by atoms with Crippen LogP contribution in [0.15, 0.2) is 18.2 Å². The van der Waals surface area contributed by atoms with Gasteiger partial charge in [-0.15, -0.1) is 0 Å². The molecule has 0 saturated carbocycles. The van der Waals surface area contributed by atoms with Crippen molar-refractivity contribution in [2.75, 3.05) is 11.9 Å². The van der Waals surface area contributed by atoms with Gasteiger partial charge >= 0.3 is 5.97 Å². The average Bonchev–Trinajstić information content (AvgIpc) is 2.25. The number of ether oxygens (including phenoxy) is 1. The number of benzene rings is 1. The third-order valence-corrected chi connectivity index (χ3v) is 2.13. The number of hydrogen-bond donors (Lipinski definition) is 1. The average molecular weight is 243 g/mol. The maximum atomic E-state index is 13.3. The van der Waals surface area contributed by atoms with E-state index >= 15 is 0 Å². The standard InChI is InChI=1S/C12H15F2NO2/c1-3-17-11(16)7-8(2)15-10-6-4-5-9(13)12(10)14/h4-6,8,15H,3,7H2,1-2H3. The lowest BCUT2D eigenvalue weighted by Crippen LogP contribution is -2.21. The third-order valence-electron chi connectivity index (χ3n) is 2.13. The van der Waals surface area contributed by atoms with Crippen LogP contribution in [0.25, 0.3) is 0 Å².